The number of ether oxygens (including phenoxy) is 1. The second kappa shape index (κ2) is 4.08. The van der Waals surface area contributed by atoms with Crippen LogP contribution < -0.4 is 4.74 Å². The summed E-state index contributed by atoms with van der Waals surface area (Å²) >= 11 is 0. The third-order valence-corrected chi connectivity index (χ3v) is 1.97. The van der Waals surface area contributed by atoms with E-state index in [1.807, 2.05) is 0 Å². The molecule has 7 heteroatoms. The Bertz CT molecular complexity index is 522. The third-order valence-electron chi connectivity index (χ3n) is 1.97. The lowest BCUT2D eigenvalue weighted by molar-refractivity contribution is -0.137. The molecule has 0 aliphatic heterocycles. The Morgan fingerprint density at radius 2 is 2.06 bits per heavy atom. The number of benzene rings is 1. The fraction of sp³-hybridized carbons (Fsp3) is 0.200. The maximum Gasteiger partial charge on any atom is 0.416 e. The van der Waals surface area contributed by atoms with Gasteiger partial charge < -0.3 is 4.74 Å². The van der Waals surface area contributed by atoms with E-state index in [0.29, 0.717) is 0 Å². The minimum Gasteiger partial charge on any atom is -0.436 e. The number of hydrogen-bond acceptors (Lipinski definition) is 3. The highest BCUT2D eigenvalue weighted by atomic mass is 19.4. The number of nitrogens with zero attached hydrogens (tertiary/aromatic N) is 3. The largest absolute Gasteiger partial charge is 0.436 e. The lowest BCUT2D eigenvalue weighted by Gasteiger charge is -2.08. The van der Waals surface area contributed by atoms with Crippen molar-refractivity contribution in [3.05, 3.63) is 36.0 Å². The van der Waals surface area contributed by atoms with Crippen molar-refractivity contribution in [3.8, 4) is 11.6 Å². The van der Waals surface area contributed by atoms with Gasteiger partial charge in [-0.15, -0.1) is 0 Å². The molecule has 0 radical (unpaired) electrons. The second-order valence-corrected chi connectivity index (χ2v) is 3.36. The first-order chi connectivity index (χ1) is 7.95. The van der Waals surface area contributed by atoms with Gasteiger partial charge in [0.25, 0.3) is 5.88 Å². The van der Waals surface area contributed by atoms with E-state index in [4.69, 9.17) is 4.74 Å². The van der Waals surface area contributed by atoms with Crippen LogP contribution in [0.1, 0.15) is 5.56 Å². The molecule has 0 N–H and O–H groups in total. The van der Waals surface area contributed by atoms with Gasteiger partial charge in [0.05, 0.1) is 11.8 Å². The molecule has 0 amide bonds. The van der Waals surface area contributed by atoms with E-state index in [-0.39, 0.29) is 11.6 Å². The van der Waals surface area contributed by atoms with E-state index in [9.17, 15) is 13.2 Å². The van der Waals surface area contributed by atoms with Crippen LogP contribution in [0.25, 0.3) is 0 Å². The molecule has 0 bridgehead atoms. The van der Waals surface area contributed by atoms with Crippen LogP contribution in [0.5, 0.6) is 11.6 Å². The zero-order valence-corrected chi connectivity index (χ0v) is 8.77. The molecule has 0 unspecified atom stereocenters. The van der Waals surface area contributed by atoms with Gasteiger partial charge in [-0.3, -0.25) is 4.68 Å². The highest BCUT2D eigenvalue weighted by molar-refractivity contribution is 5.32. The summed E-state index contributed by atoms with van der Waals surface area (Å²) in [5.41, 5.74) is -0.765. The molecule has 1 aromatic heterocycles. The van der Waals surface area contributed by atoms with Crippen LogP contribution >= 0.6 is 0 Å². The molecule has 0 fully saturated rings. The van der Waals surface area contributed by atoms with E-state index in [1.165, 1.54) is 23.0 Å². The number of aryl methyl sites for hydroxylation is 1. The number of hydrogen-bond donors (Lipinski definition) is 0. The number of aromatic nitrogens is 3. The van der Waals surface area contributed by atoms with E-state index >= 15 is 0 Å². The number of halogens is 3. The summed E-state index contributed by atoms with van der Waals surface area (Å²) < 4.78 is 43.8. The Morgan fingerprint density at radius 3 is 2.65 bits per heavy atom. The van der Waals surface area contributed by atoms with E-state index < -0.39 is 11.7 Å². The zero-order valence-electron chi connectivity index (χ0n) is 8.77. The molecule has 90 valence electrons. The molecule has 0 atom stereocenters. The summed E-state index contributed by atoms with van der Waals surface area (Å²) in [5.74, 6) is 0.215. The fourth-order valence-corrected chi connectivity index (χ4v) is 1.23. The lowest BCUT2D eigenvalue weighted by atomic mass is 10.2. The minimum absolute atomic E-state index is 0.0697. The SMILES string of the molecule is Cn1cc(Oc2cccc(C(F)(F)F)c2)nn1. The molecule has 0 aliphatic rings. The Labute approximate surface area is 94.6 Å². The van der Waals surface area contributed by atoms with Crippen LogP contribution in [-0.2, 0) is 13.2 Å². The molecule has 0 saturated heterocycles. The normalized spacial score (nSPS) is 11.5. The first-order valence-electron chi connectivity index (χ1n) is 4.66. The quantitative estimate of drug-likeness (QED) is 0.814. The van der Waals surface area contributed by atoms with Crippen molar-refractivity contribution in [2.24, 2.45) is 7.05 Å². The predicted molar refractivity (Wildman–Crippen MR) is 52.5 cm³/mol. The van der Waals surface area contributed by atoms with Gasteiger partial charge in [0.2, 0.25) is 0 Å². The zero-order chi connectivity index (χ0) is 12.5. The van der Waals surface area contributed by atoms with Crippen molar-refractivity contribution in [2.45, 2.75) is 6.18 Å². The summed E-state index contributed by atoms with van der Waals surface area (Å²) in [4.78, 5) is 0. The number of rotatable bonds is 2. The highest BCUT2D eigenvalue weighted by Crippen LogP contribution is 2.32. The van der Waals surface area contributed by atoms with Gasteiger partial charge >= 0.3 is 6.18 Å². The Hall–Kier alpha value is -2.05. The average Bonchev–Trinajstić information content (AvgIpc) is 2.63. The molecule has 1 aromatic carbocycles. The van der Waals surface area contributed by atoms with Gasteiger partial charge in [-0.05, 0) is 18.2 Å². The van der Waals surface area contributed by atoms with Gasteiger partial charge in [0, 0.05) is 7.05 Å². The van der Waals surface area contributed by atoms with Crippen LogP contribution in [0.2, 0.25) is 0 Å². The maximum atomic E-state index is 12.4. The van der Waals surface area contributed by atoms with Crippen LogP contribution in [0, 0.1) is 0 Å². The monoisotopic (exact) mass is 243 g/mol. The van der Waals surface area contributed by atoms with Gasteiger partial charge in [-0.25, -0.2) is 0 Å². The minimum atomic E-state index is -4.39. The molecular weight excluding hydrogens is 235 g/mol. The van der Waals surface area contributed by atoms with Crippen LogP contribution in [-0.4, -0.2) is 15.0 Å². The Kier molecular flexibility index (Phi) is 2.74. The van der Waals surface area contributed by atoms with Gasteiger partial charge in [0.15, 0.2) is 0 Å². The van der Waals surface area contributed by atoms with E-state index in [2.05, 4.69) is 10.3 Å². The van der Waals surface area contributed by atoms with Gasteiger partial charge in [-0.1, -0.05) is 16.4 Å². The van der Waals surface area contributed by atoms with Crippen molar-refractivity contribution >= 4 is 0 Å². The standard InChI is InChI=1S/C10H8F3N3O/c1-16-6-9(14-15-16)17-8-4-2-3-7(5-8)10(11,12)13/h2-6H,1H3. The Morgan fingerprint density at radius 1 is 1.29 bits per heavy atom. The van der Waals surface area contributed by atoms with Crippen LogP contribution in [0.15, 0.2) is 30.5 Å². The Balaban J connectivity index is 2.22. The van der Waals surface area contributed by atoms with Crippen molar-refractivity contribution in [1.82, 2.24) is 15.0 Å². The summed E-state index contributed by atoms with van der Waals surface area (Å²) in [6, 6.07) is 4.58. The summed E-state index contributed by atoms with van der Waals surface area (Å²) in [7, 11) is 1.63. The second-order valence-electron chi connectivity index (χ2n) is 3.36. The van der Waals surface area contributed by atoms with Gasteiger partial charge in [0.1, 0.15) is 5.75 Å². The van der Waals surface area contributed by atoms with E-state index in [1.54, 1.807) is 7.05 Å². The van der Waals surface area contributed by atoms with Crippen molar-refractivity contribution < 1.29 is 17.9 Å². The summed E-state index contributed by atoms with van der Waals surface area (Å²) in [6.45, 7) is 0. The predicted octanol–water partition coefficient (Wildman–Crippen LogP) is 2.63. The maximum absolute atomic E-state index is 12.4. The molecule has 0 spiro atoms. The highest BCUT2D eigenvalue weighted by Gasteiger charge is 2.30. The van der Waals surface area contributed by atoms with Crippen molar-refractivity contribution in [2.75, 3.05) is 0 Å². The molecule has 2 aromatic rings. The number of alkyl halides is 3. The fourth-order valence-electron chi connectivity index (χ4n) is 1.23. The molecule has 2 rings (SSSR count). The molecule has 0 aliphatic carbocycles. The summed E-state index contributed by atoms with van der Waals surface area (Å²) in [6.07, 6.45) is -2.93. The molecule has 17 heavy (non-hydrogen) atoms. The van der Waals surface area contributed by atoms with Gasteiger partial charge in [-0.2, -0.15) is 13.2 Å². The average molecular weight is 243 g/mol. The van der Waals surface area contributed by atoms with Crippen LogP contribution in [0.3, 0.4) is 0 Å². The smallest absolute Gasteiger partial charge is 0.416 e. The summed E-state index contributed by atoms with van der Waals surface area (Å²) in [5, 5.41) is 7.22. The topological polar surface area (TPSA) is 39.9 Å². The van der Waals surface area contributed by atoms with Crippen molar-refractivity contribution in [1.29, 1.82) is 0 Å². The van der Waals surface area contributed by atoms with E-state index in [0.717, 1.165) is 12.1 Å². The molecular formula is C10H8F3N3O. The molecule has 1 heterocycles. The molecule has 4 nitrogen and oxygen atoms in total. The molecule has 0 saturated carbocycles. The first kappa shape index (κ1) is 11.4. The third kappa shape index (κ3) is 2.74. The lowest BCUT2D eigenvalue weighted by Crippen LogP contribution is -2.04. The first-order valence-corrected chi connectivity index (χ1v) is 4.66. The van der Waals surface area contributed by atoms with Crippen LogP contribution in [0.4, 0.5) is 13.2 Å². The van der Waals surface area contributed by atoms with Crippen molar-refractivity contribution in [3.63, 3.8) is 0 Å².